The largest absolute Gasteiger partial charge is 0.484 e. The van der Waals surface area contributed by atoms with Gasteiger partial charge in [0.15, 0.2) is 6.61 Å². The molecule has 1 fully saturated rings. The molecule has 0 aliphatic carbocycles. The average Bonchev–Trinajstić information content (AvgIpc) is 2.50. The van der Waals surface area contributed by atoms with Gasteiger partial charge in [0.25, 0.3) is 0 Å². The van der Waals surface area contributed by atoms with Crippen molar-refractivity contribution in [3.8, 4) is 5.75 Å². The van der Waals surface area contributed by atoms with Crippen LogP contribution >= 0.6 is 0 Å². The van der Waals surface area contributed by atoms with E-state index in [9.17, 15) is 18.0 Å². The molecule has 0 bridgehead atoms. The number of alkyl halides is 3. The summed E-state index contributed by atoms with van der Waals surface area (Å²) >= 11 is 0. The smallest absolute Gasteiger partial charge is 0.422 e. The number of nitrogens with one attached hydrogen (secondary N) is 2. The lowest BCUT2D eigenvalue weighted by molar-refractivity contribution is -0.153. The van der Waals surface area contributed by atoms with Gasteiger partial charge < -0.3 is 15.4 Å². The molecule has 128 valence electrons. The first-order valence-corrected chi connectivity index (χ1v) is 7.63. The van der Waals surface area contributed by atoms with E-state index in [4.69, 9.17) is 4.74 Å². The van der Waals surface area contributed by atoms with Crippen molar-refractivity contribution in [3.63, 3.8) is 0 Å². The van der Waals surface area contributed by atoms with E-state index < -0.39 is 12.8 Å². The number of rotatable bonds is 5. The normalized spacial score (nSPS) is 21.7. The number of amides is 1. The fourth-order valence-electron chi connectivity index (χ4n) is 2.61. The van der Waals surface area contributed by atoms with E-state index in [-0.39, 0.29) is 24.1 Å². The SMILES string of the molecule is C[C@H]1C[C@@H](C(=O)NCc2cccc(OCC(F)(F)F)c2)CCN1. The van der Waals surface area contributed by atoms with Gasteiger partial charge in [-0.1, -0.05) is 12.1 Å². The van der Waals surface area contributed by atoms with Gasteiger partial charge in [0.2, 0.25) is 5.91 Å². The number of carbonyl (C=O) groups is 1. The molecule has 4 nitrogen and oxygen atoms in total. The van der Waals surface area contributed by atoms with Gasteiger partial charge in [-0.15, -0.1) is 0 Å². The van der Waals surface area contributed by atoms with Crippen LogP contribution in [0.15, 0.2) is 24.3 Å². The first-order valence-electron chi connectivity index (χ1n) is 7.63. The number of hydrogen-bond acceptors (Lipinski definition) is 3. The van der Waals surface area contributed by atoms with Crippen molar-refractivity contribution >= 4 is 5.91 Å². The van der Waals surface area contributed by atoms with Crippen molar-refractivity contribution in [2.75, 3.05) is 13.2 Å². The Kier molecular flexibility index (Phi) is 5.87. The molecule has 7 heteroatoms. The minimum Gasteiger partial charge on any atom is -0.484 e. The third kappa shape index (κ3) is 6.09. The van der Waals surface area contributed by atoms with Crippen LogP contribution in [-0.4, -0.2) is 31.3 Å². The molecule has 1 aliphatic rings. The van der Waals surface area contributed by atoms with Crippen LogP contribution in [0.5, 0.6) is 5.75 Å². The van der Waals surface area contributed by atoms with Crippen molar-refractivity contribution in [1.82, 2.24) is 10.6 Å². The van der Waals surface area contributed by atoms with Crippen LogP contribution in [0.25, 0.3) is 0 Å². The van der Waals surface area contributed by atoms with Gasteiger partial charge in [-0.2, -0.15) is 13.2 Å². The average molecular weight is 330 g/mol. The number of benzene rings is 1. The highest BCUT2D eigenvalue weighted by atomic mass is 19.4. The van der Waals surface area contributed by atoms with Crippen molar-refractivity contribution in [2.24, 2.45) is 5.92 Å². The van der Waals surface area contributed by atoms with Crippen LogP contribution in [0.2, 0.25) is 0 Å². The van der Waals surface area contributed by atoms with Crippen molar-refractivity contribution in [3.05, 3.63) is 29.8 Å². The molecule has 0 radical (unpaired) electrons. The lowest BCUT2D eigenvalue weighted by atomic mass is 9.92. The number of ether oxygens (including phenoxy) is 1. The van der Waals surface area contributed by atoms with E-state index in [1.54, 1.807) is 12.1 Å². The van der Waals surface area contributed by atoms with Gasteiger partial charge >= 0.3 is 6.18 Å². The fraction of sp³-hybridized carbons (Fsp3) is 0.562. The maximum Gasteiger partial charge on any atom is 0.422 e. The molecule has 1 saturated heterocycles. The lowest BCUT2D eigenvalue weighted by Gasteiger charge is -2.27. The second-order valence-corrected chi connectivity index (χ2v) is 5.85. The van der Waals surface area contributed by atoms with Crippen molar-refractivity contribution in [1.29, 1.82) is 0 Å². The van der Waals surface area contributed by atoms with Gasteiger partial charge in [0.05, 0.1) is 0 Å². The second kappa shape index (κ2) is 7.68. The minimum absolute atomic E-state index is 0.0139. The van der Waals surface area contributed by atoms with Gasteiger partial charge in [-0.05, 0) is 44.0 Å². The van der Waals surface area contributed by atoms with Crippen molar-refractivity contribution < 1.29 is 22.7 Å². The highest BCUT2D eigenvalue weighted by molar-refractivity contribution is 5.78. The van der Waals surface area contributed by atoms with Crippen LogP contribution < -0.4 is 15.4 Å². The quantitative estimate of drug-likeness (QED) is 0.873. The summed E-state index contributed by atoms with van der Waals surface area (Å²) in [5.74, 6) is 0.112. The third-order valence-corrected chi connectivity index (χ3v) is 3.76. The van der Waals surface area contributed by atoms with E-state index in [0.717, 1.165) is 19.4 Å². The molecule has 0 spiro atoms. The topological polar surface area (TPSA) is 50.4 Å². The Morgan fingerprint density at radius 1 is 1.43 bits per heavy atom. The highest BCUT2D eigenvalue weighted by Gasteiger charge is 2.28. The maximum atomic E-state index is 12.1. The van der Waals surface area contributed by atoms with Gasteiger partial charge in [0, 0.05) is 18.5 Å². The maximum absolute atomic E-state index is 12.1. The molecule has 1 aromatic rings. The first-order chi connectivity index (χ1) is 10.8. The summed E-state index contributed by atoms with van der Waals surface area (Å²) < 4.78 is 41.1. The summed E-state index contributed by atoms with van der Waals surface area (Å²) in [5, 5.41) is 6.13. The Bertz CT molecular complexity index is 534. The Morgan fingerprint density at radius 3 is 2.91 bits per heavy atom. The summed E-state index contributed by atoms with van der Waals surface area (Å²) in [4.78, 5) is 12.1. The number of carbonyl (C=O) groups excluding carboxylic acids is 1. The first kappa shape index (κ1) is 17.6. The molecule has 2 rings (SSSR count). The van der Waals surface area contributed by atoms with Crippen molar-refractivity contribution in [2.45, 2.75) is 38.5 Å². The zero-order chi connectivity index (χ0) is 16.9. The predicted molar refractivity (Wildman–Crippen MR) is 80.0 cm³/mol. The monoisotopic (exact) mass is 330 g/mol. The standard InChI is InChI=1S/C16H21F3N2O2/c1-11-7-13(5-6-20-11)15(22)21-9-12-3-2-4-14(8-12)23-10-16(17,18)19/h2-4,8,11,13,20H,5-7,9-10H2,1H3,(H,21,22)/t11-,13-/m0/s1. The predicted octanol–water partition coefficient (Wildman–Crippen LogP) is 2.63. The summed E-state index contributed by atoms with van der Waals surface area (Å²) in [7, 11) is 0. The van der Waals surface area contributed by atoms with E-state index in [2.05, 4.69) is 10.6 Å². The second-order valence-electron chi connectivity index (χ2n) is 5.85. The van der Waals surface area contributed by atoms with Crippen LogP contribution in [-0.2, 0) is 11.3 Å². The number of piperidine rings is 1. The summed E-state index contributed by atoms with van der Waals surface area (Å²) in [6.07, 6.45) is -2.78. The van der Waals surface area contributed by atoms with Crippen LogP contribution in [0.4, 0.5) is 13.2 Å². The molecule has 1 aliphatic heterocycles. The Morgan fingerprint density at radius 2 is 2.22 bits per heavy atom. The molecule has 0 aromatic heterocycles. The van der Waals surface area contributed by atoms with Gasteiger partial charge in [0.1, 0.15) is 5.75 Å². The van der Waals surface area contributed by atoms with E-state index in [1.165, 1.54) is 12.1 Å². The number of halogens is 3. The molecule has 2 atom stereocenters. The van der Waals surface area contributed by atoms with E-state index >= 15 is 0 Å². The van der Waals surface area contributed by atoms with Crippen LogP contribution in [0.1, 0.15) is 25.3 Å². The third-order valence-electron chi connectivity index (χ3n) is 3.76. The van der Waals surface area contributed by atoms with E-state index in [1.807, 2.05) is 6.92 Å². The lowest BCUT2D eigenvalue weighted by Crippen LogP contribution is -2.42. The number of hydrogen-bond donors (Lipinski definition) is 2. The molecule has 1 amide bonds. The molecular formula is C16H21F3N2O2. The fourth-order valence-corrected chi connectivity index (χ4v) is 2.61. The minimum atomic E-state index is -4.37. The van der Waals surface area contributed by atoms with Crippen LogP contribution in [0, 0.1) is 5.92 Å². The zero-order valence-electron chi connectivity index (χ0n) is 13.0. The zero-order valence-corrected chi connectivity index (χ0v) is 13.0. The van der Waals surface area contributed by atoms with Gasteiger partial charge in [-0.3, -0.25) is 4.79 Å². The molecule has 2 N–H and O–H groups in total. The highest BCUT2D eigenvalue weighted by Crippen LogP contribution is 2.20. The molecule has 0 unspecified atom stereocenters. The summed E-state index contributed by atoms with van der Waals surface area (Å²) in [6.45, 7) is 1.82. The molecule has 23 heavy (non-hydrogen) atoms. The van der Waals surface area contributed by atoms with Crippen LogP contribution in [0.3, 0.4) is 0 Å². The van der Waals surface area contributed by atoms with Gasteiger partial charge in [-0.25, -0.2) is 0 Å². The molecule has 1 heterocycles. The molecule has 0 saturated carbocycles. The molecule has 1 aromatic carbocycles. The van der Waals surface area contributed by atoms with E-state index in [0.29, 0.717) is 11.6 Å². The molecular weight excluding hydrogens is 309 g/mol. The Balaban J connectivity index is 1.84. The summed E-state index contributed by atoms with van der Waals surface area (Å²) in [6, 6.07) is 6.65. The Hall–Kier alpha value is -1.76. The Labute approximate surface area is 133 Å². The summed E-state index contributed by atoms with van der Waals surface area (Å²) in [5.41, 5.74) is 0.708.